The molecule has 1 amide bonds. The second kappa shape index (κ2) is 8.00. The van der Waals surface area contributed by atoms with Crippen LogP contribution in [0.3, 0.4) is 0 Å². The van der Waals surface area contributed by atoms with E-state index in [1.807, 2.05) is 6.92 Å². The molecule has 0 saturated carbocycles. The molecule has 0 bridgehead atoms. The smallest absolute Gasteiger partial charge is 0.434 e. The van der Waals surface area contributed by atoms with Crippen molar-refractivity contribution in [3.05, 3.63) is 47.3 Å². The van der Waals surface area contributed by atoms with Crippen molar-refractivity contribution >= 4 is 11.9 Å². The van der Waals surface area contributed by atoms with E-state index >= 15 is 0 Å². The number of aromatic nitrogens is 2. The minimum absolute atomic E-state index is 0.0179. The Labute approximate surface area is 146 Å². The Hall–Kier alpha value is -2.88. The molecular weight excluding hydrogens is 355 g/mol. The van der Waals surface area contributed by atoms with E-state index in [9.17, 15) is 22.8 Å². The van der Waals surface area contributed by atoms with Crippen LogP contribution in [-0.2, 0) is 10.9 Å². The molecule has 26 heavy (non-hydrogen) atoms. The molecule has 10 heteroatoms. The van der Waals surface area contributed by atoms with Gasteiger partial charge in [-0.3, -0.25) is 4.79 Å². The van der Waals surface area contributed by atoms with Gasteiger partial charge >= 0.3 is 12.1 Å². The minimum Gasteiger partial charge on any atom is -0.478 e. The lowest BCUT2D eigenvalue weighted by Gasteiger charge is -2.12. The molecule has 0 aliphatic heterocycles. The molecule has 2 N–H and O–H groups in total. The molecule has 1 aromatic heterocycles. The van der Waals surface area contributed by atoms with E-state index in [1.54, 1.807) is 0 Å². The largest absolute Gasteiger partial charge is 0.478 e. The van der Waals surface area contributed by atoms with E-state index in [0.717, 1.165) is 0 Å². The van der Waals surface area contributed by atoms with E-state index in [-0.39, 0.29) is 11.3 Å². The summed E-state index contributed by atoms with van der Waals surface area (Å²) in [6.45, 7) is 2.99. The molecule has 0 saturated heterocycles. The monoisotopic (exact) mass is 371 g/mol. The van der Waals surface area contributed by atoms with Crippen molar-refractivity contribution in [3.63, 3.8) is 0 Å². The van der Waals surface area contributed by atoms with Crippen LogP contribution in [0.2, 0.25) is 0 Å². The van der Waals surface area contributed by atoms with E-state index in [2.05, 4.69) is 10.4 Å². The molecule has 0 unspecified atom stereocenters. The summed E-state index contributed by atoms with van der Waals surface area (Å²) in [6, 6.07) is 5.16. The molecule has 0 aliphatic rings. The van der Waals surface area contributed by atoms with Gasteiger partial charge < -0.3 is 15.2 Å². The Morgan fingerprint density at radius 1 is 1.27 bits per heavy atom. The molecule has 0 spiro atoms. The van der Waals surface area contributed by atoms with E-state index < -0.39 is 29.3 Å². The molecule has 140 valence electrons. The second-order valence-corrected chi connectivity index (χ2v) is 5.12. The Morgan fingerprint density at radius 3 is 2.46 bits per heavy atom. The molecule has 2 rings (SSSR count). The number of carboxylic acid groups (broad SMARTS) is 1. The maximum absolute atomic E-state index is 13.2. The van der Waals surface area contributed by atoms with Crippen molar-refractivity contribution in [1.29, 1.82) is 0 Å². The molecule has 0 radical (unpaired) electrons. The molecule has 0 fully saturated rings. The molecule has 2 aromatic rings. The maximum Gasteiger partial charge on any atom is 0.434 e. The Morgan fingerprint density at radius 2 is 1.92 bits per heavy atom. The van der Waals surface area contributed by atoms with Crippen molar-refractivity contribution in [2.24, 2.45) is 0 Å². The average molecular weight is 371 g/mol. The van der Waals surface area contributed by atoms with Crippen LogP contribution in [-0.4, -0.2) is 46.5 Å². The van der Waals surface area contributed by atoms with Gasteiger partial charge in [0.05, 0.1) is 18.5 Å². The number of rotatable bonds is 7. The standard InChI is InChI=1S/C16H16F3N3O4/c1-2-26-8-7-20-14(23)10-3-5-11(6-4-10)22-13(16(17,18)19)12(9-21-22)15(24)25/h3-6,9H,2,7-8H2,1H3,(H,20,23)(H,24,25). The van der Waals surface area contributed by atoms with Crippen LogP contribution in [0, 0.1) is 0 Å². The third-order valence-corrected chi connectivity index (χ3v) is 3.38. The third-order valence-electron chi connectivity index (χ3n) is 3.38. The lowest BCUT2D eigenvalue weighted by molar-refractivity contribution is -0.143. The Balaban J connectivity index is 2.24. The van der Waals surface area contributed by atoms with Crippen molar-refractivity contribution in [2.45, 2.75) is 13.1 Å². The summed E-state index contributed by atoms with van der Waals surface area (Å²) in [6.07, 6.45) is -4.26. The highest BCUT2D eigenvalue weighted by molar-refractivity contribution is 5.94. The Kier molecular flexibility index (Phi) is 5.98. The number of halogens is 3. The van der Waals surface area contributed by atoms with Gasteiger partial charge in [0.15, 0.2) is 5.69 Å². The van der Waals surface area contributed by atoms with E-state index in [0.29, 0.717) is 30.6 Å². The second-order valence-electron chi connectivity index (χ2n) is 5.12. The first-order chi connectivity index (χ1) is 12.3. The van der Waals surface area contributed by atoms with Crippen LogP contribution in [0.25, 0.3) is 5.69 Å². The van der Waals surface area contributed by atoms with Gasteiger partial charge in [-0.1, -0.05) is 0 Å². The third kappa shape index (κ3) is 4.39. The lowest BCUT2D eigenvalue weighted by Crippen LogP contribution is -2.27. The van der Waals surface area contributed by atoms with Gasteiger partial charge in [-0.15, -0.1) is 0 Å². The predicted octanol–water partition coefficient (Wildman–Crippen LogP) is 2.36. The van der Waals surface area contributed by atoms with Crippen molar-refractivity contribution in [3.8, 4) is 5.69 Å². The van der Waals surface area contributed by atoms with Crippen LogP contribution in [0.4, 0.5) is 13.2 Å². The SMILES string of the molecule is CCOCCNC(=O)c1ccc(-n2ncc(C(=O)O)c2C(F)(F)F)cc1. The molecule has 1 aromatic carbocycles. The maximum atomic E-state index is 13.2. The first-order valence-corrected chi connectivity index (χ1v) is 7.60. The van der Waals surface area contributed by atoms with Crippen LogP contribution in [0.5, 0.6) is 0 Å². The number of aromatic carboxylic acids is 1. The molecular formula is C16H16F3N3O4. The first kappa shape index (κ1) is 19.4. The molecule has 0 atom stereocenters. The van der Waals surface area contributed by atoms with Crippen molar-refractivity contribution < 1.29 is 32.6 Å². The summed E-state index contributed by atoms with van der Waals surface area (Å²) in [5.41, 5.74) is -2.12. The number of amides is 1. The lowest BCUT2D eigenvalue weighted by atomic mass is 10.2. The van der Waals surface area contributed by atoms with Gasteiger partial charge in [0.1, 0.15) is 5.56 Å². The van der Waals surface area contributed by atoms with Crippen LogP contribution >= 0.6 is 0 Å². The van der Waals surface area contributed by atoms with Crippen LogP contribution in [0.15, 0.2) is 30.5 Å². The summed E-state index contributed by atoms with van der Waals surface area (Å²) in [5.74, 6) is -2.13. The van der Waals surface area contributed by atoms with Gasteiger partial charge in [-0.05, 0) is 31.2 Å². The molecule has 7 nitrogen and oxygen atoms in total. The van der Waals surface area contributed by atoms with E-state index in [1.165, 1.54) is 24.3 Å². The summed E-state index contributed by atoms with van der Waals surface area (Å²) in [4.78, 5) is 22.9. The quantitative estimate of drug-likeness (QED) is 0.729. The van der Waals surface area contributed by atoms with Gasteiger partial charge in [-0.25, -0.2) is 9.48 Å². The summed E-state index contributed by atoms with van der Waals surface area (Å²) in [7, 11) is 0. The minimum atomic E-state index is -4.90. The highest BCUT2D eigenvalue weighted by Gasteiger charge is 2.40. The Bertz CT molecular complexity index is 785. The first-order valence-electron chi connectivity index (χ1n) is 7.60. The zero-order valence-electron chi connectivity index (χ0n) is 13.7. The zero-order chi connectivity index (χ0) is 19.3. The van der Waals surface area contributed by atoms with E-state index in [4.69, 9.17) is 9.84 Å². The summed E-state index contributed by atoms with van der Waals surface area (Å²) >= 11 is 0. The topological polar surface area (TPSA) is 93.5 Å². The number of nitrogens with zero attached hydrogens (tertiary/aromatic N) is 2. The van der Waals surface area contributed by atoms with Crippen LogP contribution < -0.4 is 5.32 Å². The number of carboxylic acids is 1. The zero-order valence-corrected chi connectivity index (χ0v) is 13.7. The highest BCUT2D eigenvalue weighted by atomic mass is 19.4. The fourth-order valence-corrected chi connectivity index (χ4v) is 2.21. The number of carbonyl (C=O) groups is 2. The normalized spacial score (nSPS) is 11.4. The van der Waals surface area contributed by atoms with Gasteiger partial charge in [0, 0.05) is 18.7 Å². The fraction of sp³-hybridized carbons (Fsp3) is 0.312. The fourth-order valence-electron chi connectivity index (χ4n) is 2.21. The number of benzene rings is 1. The number of nitrogens with one attached hydrogen (secondary N) is 1. The van der Waals surface area contributed by atoms with Gasteiger partial charge in [0.25, 0.3) is 5.91 Å². The predicted molar refractivity (Wildman–Crippen MR) is 84.4 cm³/mol. The number of alkyl halides is 3. The molecule has 1 heterocycles. The number of carbonyl (C=O) groups excluding carboxylic acids is 1. The summed E-state index contributed by atoms with van der Waals surface area (Å²) < 4.78 is 45.2. The van der Waals surface area contributed by atoms with Gasteiger partial charge in [0.2, 0.25) is 0 Å². The number of hydrogen-bond acceptors (Lipinski definition) is 4. The highest BCUT2D eigenvalue weighted by Crippen LogP contribution is 2.33. The average Bonchev–Trinajstić information content (AvgIpc) is 3.04. The van der Waals surface area contributed by atoms with Gasteiger partial charge in [-0.2, -0.15) is 18.3 Å². The van der Waals surface area contributed by atoms with Crippen LogP contribution in [0.1, 0.15) is 33.3 Å². The number of hydrogen-bond donors (Lipinski definition) is 2. The molecule has 0 aliphatic carbocycles. The van der Waals surface area contributed by atoms with Crippen molar-refractivity contribution in [1.82, 2.24) is 15.1 Å². The van der Waals surface area contributed by atoms with Crippen molar-refractivity contribution in [2.75, 3.05) is 19.8 Å². The summed E-state index contributed by atoms with van der Waals surface area (Å²) in [5, 5.41) is 15.0. The number of ether oxygens (including phenoxy) is 1.